The molecule has 7 nitrogen and oxygen atoms in total. The molecule has 2 fully saturated rings. The highest BCUT2D eigenvalue weighted by Crippen LogP contribution is 2.32. The Morgan fingerprint density at radius 3 is 2.68 bits per heavy atom. The number of aromatic nitrogens is 2. The zero-order valence-electron chi connectivity index (χ0n) is 16.3. The van der Waals surface area contributed by atoms with Gasteiger partial charge < -0.3 is 24.6 Å². The fraction of sp³-hybridized carbons (Fsp3) is 0.524. The van der Waals surface area contributed by atoms with Crippen LogP contribution >= 0.6 is 0 Å². The second-order valence-electron chi connectivity index (χ2n) is 7.67. The molecule has 2 atom stereocenters. The van der Waals surface area contributed by atoms with E-state index in [0.717, 1.165) is 43.7 Å². The third kappa shape index (κ3) is 3.97. The van der Waals surface area contributed by atoms with Crippen molar-refractivity contribution in [3.05, 3.63) is 53.6 Å². The summed E-state index contributed by atoms with van der Waals surface area (Å²) in [6, 6.07) is 9.94. The van der Waals surface area contributed by atoms with E-state index in [-0.39, 0.29) is 24.2 Å². The van der Waals surface area contributed by atoms with Crippen molar-refractivity contribution in [1.29, 1.82) is 0 Å². The van der Waals surface area contributed by atoms with Crippen LogP contribution in [-0.4, -0.2) is 75.8 Å². The van der Waals surface area contributed by atoms with Crippen LogP contribution in [0.15, 0.2) is 36.7 Å². The number of rotatable bonds is 4. The summed E-state index contributed by atoms with van der Waals surface area (Å²) < 4.78 is 6.18. The van der Waals surface area contributed by atoms with Crippen LogP contribution in [0.25, 0.3) is 0 Å². The van der Waals surface area contributed by atoms with Gasteiger partial charge in [-0.3, -0.25) is 4.79 Å². The number of likely N-dealkylation sites (tertiary alicyclic amines) is 1. The Labute approximate surface area is 165 Å². The van der Waals surface area contributed by atoms with E-state index in [2.05, 4.69) is 27.0 Å². The van der Waals surface area contributed by atoms with Crippen LogP contribution in [0, 0.1) is 6.92 Å². The molecule has 2 N–H and O–H groups in total. The van der Waals surface area contributed by atoms with Gasteiger partial charge in [-0.1, -0.05) is 30.3 Å². The highest BCUT2D eigenvalue weighted by molar-refractivity contribution is 5.93. The number of nitrogens with one attached hydrogen (secondary N) is 1. The highest BCUT2D eigenvalue weighted by Gasteiger charge is 2.38. The molecule has 2 aliphatic heterocycles. The third-order valence-electron chi connectivity index (χ3n) is 5.78. The first-order valence-electron chi connectivity index (χ1n) is 10.0. The van der Waals surface area contributed by atoms with Gasteiger partial charge in [-0.15, -0.1) is 0 Å². The van der Waals surface area contributed by atoms with Crippen molar-refractivity contribution >= 4 is 5.91 Å². The highest BCUT2D eigenvalue weighted by atomic mass is 16.5. The van der Waals surface area contributed by atoms with E-state index in [0.29, 0.717) is 18.8 Å². The maximum atomic E-state index is 13.3. The van der Waals surface area contributed by atoms with Gasteiger partial charge in [0.2, 0.25) is 0 Å². The Hall–Kier alpha value is -2.22. The lowest BCUT2D eigenvalue weighted by atomic mass is 9.96. The molecule has 0 aliphatic carbocycles. The first-order chi connectivity index (χ1) is 13.6. The fourth-order valence-electron chi connectivity index (χ4n) is 4.23. The molecular formula is C21H28N4O3. The lowest BCUT2D eigenvalue weighted by molar-refractivity contribution is -0.0772. The Morgan fingerprint density at radius 1 is 1.25 bits per heavy atom. The van der Waals surface area contributed by atoms with E-state index in [1.165, 1.54) is 0 Å². The first kappa shape index (κ1) is 19.1. The summed E-state index contributed by atoms with van der Waals surface area (Å²) in [5, 5.41) is 9.79. The van der Waals surface area contributed by atoms with Crippen molar-refractivity contribution in [2.24, 2.45) is 0 Å². The molecule has 0 radical (unpaired) electrons. The summed E-state index contributed by atoms with van der Waals surface area (Å²) in [6.07, 6.45) is 2.83. The SMILES string of the molecule is Cc1[nH]cnc1C(=O)N1CCO[C@@H](CN2CCC(O)CC2)[C@@H]1c1ccccc1. The van der Waals surface area contributed by atoms with Gasteiger partial charge in [0.25, 0.3) is 5.91 Å². The first-order valence-corrected chi connectivity index (χ1v) is 10.0. The van der Waals surface area contributed by atoms with Gasteiger partial charge in [0, 0.05) is 31.9 Å². The minimum atomic E-state index is -0.200. The average Bonchev–Trinajstić information content (AvgIpc) is 3.15. The van der Waals surface area contributed by atoms with Crippen molar-refractivity contribution in [2.75, 3.05) is 32.8 Å². The Kier molecular flexibility index (Phi) is 5.75. The number of carbonyl (C=O) groups is 1. The van der Waals surface area contributed by atoms with E-state index in [1.807, 2.05) is 30.0 Å². The van der Waals surface area contributed by atoms with Gasteiger partial charge in [0.05, 0.1) is 31.2 Å². The average molecular weight is 384 g/mol. The Balaban J connectivity index is 1.60. The number of carbonyl (C=O) groups excluding carboxylic acids is 1. The second-order valence-corrected chi connectivity index (χ2v) is 7.67. The standard InChI is InChI=1S/C21H28N4O3/c1-15-19(23-14-22-15)21(27)25-11-12-28-18(13-24-9-7-17(26)8-10-24)20(25)16-5-3-2-4-6-16/h2-6,14,17-18,20,26H,7-13H2,1H3,(H,22,23)/t18-,20-/m0/s1. The molecule has 0 unspecified atom stereocenters. The topological polar surface area (TPSA) is 81.7 Å². The maximum Gasteiger partial charge on any atom is 0.275 e. The van der Waals surface area contributed by atoms with Crippen LogP contribution in [0.2, 0.25) is 0 Å². The molecule has 0 spiro atoms. The summed E-state index contributed by atoms with van der Waals surface area (Å²) in [6.45, 7) is 5.38. The molecule has 28 heavy (non-hydrogen) atoms. The number of ether oxygens (including phenoxy) is 1. The van der Waals surface area contributed by atoms with Gasteiger partial charge in [-0.05, 0) is 25.3 Å². The van der Waals surface area contributed by atoms with Crippen LogP contribution in [0.1, 0.15) is 40.6 Å². The summed E-state index contributed by atoms with van der Waals surface area (Å²) in [5.41, 5.74) is 2.33. The fourth-order valence-corrected chi connectivity index (χ4v) is 4.23. The molecule has 7 heteroatoms. The summed E-state index contributed by atoms with van der Waals surface area (Å²) in [5.74, 6) is -0.0602. The molecule has 0 saturated carbocycles. The predicted octanol–water partition coefficient (Wildman–Crippen LogP) is 1.76. The van der Waals surface area contributed by atoms with Gasteiger partial charge in [0.15, 0.2) is 0 Å². The Morgan fingerprint density at radius 2 is 2.00 bits per heavy atom. The molecular weight excluding hydrogens is 356 g/mol. The van der Waals surface area contributed by atoms with E-state index in [9.17, 15) is 9.90 Å². The van der Waals surface area contributed by atoms with Crippen LogP contribution in [-0.2, 0) is 4.74 Å². The number of aliphatic hydroxyl groups is 1. The van der Waals surface area contributed by atoms with Crippen LogP contribution in [0.5, 0.6) is 0 Å². The van der Waals surface area contributed by atoms with E-state index >= 15 is 0 Å². The molecule has 2 aliphatic rings. The number of amides is 1. The second kappa shape index (κ2) is 8.43. The number of hydrogen-bond donors (Lipinski definition) is 2. The molecule has 1 aromatic heterocycles. The van der Waals surface area contributed by atoms with Crippen molar-refractivity contribution in [1.82, 2.24) is 19.8 Å². The number of piperidine rings is 1. The van der Waals surface area contributed by atoms with Crippen molar-refractivity contribution in [3.8, 4) is 0 Å². The van der Waals surface area contributed by atoms with Crippen LogP contribution in [0.4, 0.5) is 0 Å². The van der Waals surface area contributed by atoms with Gasteiger partial charge >= 0.3 is 0 Å². The van der Waals surface area contributed by atoms with Crippen LogP contribution < -0.4 is 0 Å². The maximum absolute atomic E-state index is 13.3. The molecule has 1 aromatic carbocycles. The molecule has 2 saturated heterocycles. The number of morpholine rings is 1. The number of aromatic amines is 1. The summed E-state index contributed by atoms with van der Waals surface area (Å²) >= 11 is 0. The number of nitrogens with zero attached hydrogens (tertiary/aromatic N) is 3. The molecule has 4 rings (SSSR count). The smallest absolute Gasteiger partial charge is 0.275 e. The molecule has 1 amide bonds. The normalized spacial score (nSPS) is 24.4. The zero-order chi connectivity index (χ0) is 19.5. The predicted molar refractivity (Wildman–Crippen MR) is 105 cm³/mol. The van der Waals surface area contributed by atoms with E-state index in [1.54, 1.807) is 6.33 Å². The lowest BCUT2D eigenvalue weighted by Crippen LogP contribution is -2.53. The molecule has 3 heterocycles. The minimum absolute atomic E-state index is 0.0602. The minimum Gasteiger partial charge on any atom is -0.393 e. The molecule has 0 bridgehead atoms. The van der Waals surface area contributed by atoms with Crippen molar-refractivity contribution in [3.63, 3.8) is 0 Å². The number of hydrogen-bond acceptors (Lipinski definition) is 5. The van der Waals surface area contributed by atoms with Crippen molar-refractivity contribution in [2.45, 2.75) is 38.0 Å². The summed E-state index contributed by atoms with van der Waals surface area (Å²) in [4.78, 5) is 24.8. The number of benzene rings is 1. The number of aryl methyl sites for hydroxylation is 1. The quantitative estimate of drug-likeness (QED) is 0.839. The van der Waals surface area contributed by atoms with Crippen LogP contribution in [0.3, 0.4) is 0 Å². The number of aliphatic hydroxyl groups excluding tert-OH is 1. The van der Waals surface area contributed by atoms with Gasteiger partial charge in [-0.25, -0.2) is 4.98 Å². The van der Waals surface area contributed by atoms with E-state index < -0.39 is 0 Å². The third-order valence-corrected chi connectivity index (χ3v) is 5.78. The van der Waals surface area contributed by atoms with Gasteiger partial charge in [-0.2, -0.15) is 0 Å². The van der Waals surface area contributed by atoms with E-state index in [4.69, 9.17) is 4.74 Å². The zero-order valence-corrected chi connectivity index (χ0v) is 16.3. The molecule has 150 valence electrons. The number of H-pyrrole nitrogens is 1. The molecule has 2 aromatic rings. The van der Waals surface area contributed by atoms with Crippen molar-refractivity contribution < 1.29 is 14.6 Å². The largest absolute Gasteiger partial charge is 0.393 e. The monoisotopic (exact) mass is 384 g/mol. The lowest BCUT2D eigenvalue weighted by Gasteiger charge is -2.43. The Bertz CT molecular complexity index is 786. The summed E-state index contributed by atoms with van der Waals surface area (Å²) in [7, 11) is 0. The number of imidazole rings is 1. The van der Waals surface area contributed by atoms with Gasteiger partial charge in [0.1, 0.15) is 5.69 Å².